The number of nitrogens with zero attached hydrogens (tertiary/aromatic N) is 1. The number of benzene rings is 2. The van der Waals surface area contributed by atoms with Gasteiger partial charge in [-0.25, -0.2) is 9.78 Å². The Hall–Kier alpha value is -3.32. The number of pyridine rings is 1. The molecule has 0 aliphatic rings. The Balaban J connectivity index is 1.63. The number of esters is 1. The van der Waals surface area contributed by atoms with Crippen molar-refractivity contribution in [2.45, 2.75) is 16.8 Å². The molecule has 3 aromatic rings. The Bertz CT molecular complexity index is 1010. The number of hydrogen-bond acceptors (Lipinski definition) is 6. The highest BCUT2D eigenvalue weighted by atomic mass is 32.2. The van der Waals surface area contributed by atoms with E-state index in [-0.39, 0.29) is 0 Å². The van der Waals surface area contributed by atoms with Gasteiger partial charge in [0.15, 0.2) is 6.61 Å². The van der Waals surface area contributed by atoms with Crippen molar-refractivity contribution in [3.05, 3.63) is 78.0 Å². The van der Waals surface area contributed by atoms with Crippen molar-refractivity contribution in [3.63, 3.8) is 0 Å². The Labute approximate surface area is 173 Å². The third-order valence-corrected chi connectivity index (χ3v) is 4.97. The number of methoxy groups -OCH3 is 1. The number of anilines is 1. The molecule has 1 amide bonds. The lowest BCUT2D eigenvalue weighted by Crippen LogP contribution is -2.21. The molecule has 0 radical (unpaired) electrons. The molecule has 1 aromatic heterocycles. The first-order valence-corrected chi connectivity index (χ1v) is 9.68. The van der Waals surface area contributed by atoms with Crippen molar-refractivity contribution in [1.29, 1.82) is 0 Å². The van der Waals surface area contributed by atoms with Crippen LogP contribution in [0.4, 0.5) is 5.69 Å². The lowest BCUT2D eigenvalue weighted by molar-refractivity contribution is -0.119. The van der Waals surface area contributed by atoms with Gasteiger partial charge in [0, 0.05) is 11.1 Å². The van der Waals surface area contributed by atoms with Crippen molar-refractivity contribution in [1.82, 2.24) is 4.98 Å². The van der Waals surface area contributed by atoms with Crippen LogP contribution in [0.5, 0.6) is 5.75 Å². The number of carbonyl (C=O) groups excluding carboxylic acids is 2. The highest BCUT2D eigenvalue weighted by Gasteiger charge is 2.17. The van der Waals surface area contributed by atoms with Gasteiger partial charge in [0.05, 0.1) is 18.4 Å². The Morgan fingerprint density at radius 2 is 1.79 bits per heavy atom. The maximum Gasteiger partial charge on any atom is 0.341 e. The Morgan fingerprint density at radius 1 is 1.03 bits per heavy atom. The quantitative estimate of drug-likeness (QED) is 0.586. The van der Waals surface area contributed by atoms with E-state index in [4.69, 9.17) is 9.47 Å². The molecule has 0 aliphatic carbocycles. The van der Waals surface area contributed by atoms with Crippen LogP contribution in [0.1, 0.15) is 15.9 Å². The fraction of sp³-hybridized carbons (Fsp3) is 0.136. The maximum atomic E-state index is 12.5. The van der Waals surface area contributed by atoms with Gasteiger partial charge in [-0.15, -0.1) is 0 Å². The Kier molecular flexibility index (Phi) is 6.86. The molecule has 0 saturated heterocycles. The van der Waals surface area contributed by atoms with Crippen LogP contribution in [0, 0.1) is 6.92 Å². The predicted octanol–water partition coefficient (Wildman–Crippen LogP) is 4.35. The van der Waals surface area contributed by atoms with Crippen molar-refractivity contribution in [2.75, 3.05) is 19.0 Å². The zero-order chi connectivity index (χ0) is 20.6. The normalized spacial score (nSPS) is 10.3. The fourth-order valence-electron chi connectivity index (χ4n) is 2.49. The van der Waals surface area contributed by atoms with Crippen LogP contribution >= 0.6 is 11.8 Å². The van der Waals surface area contributed by atoms with Crippen LogP contribution in [0.3, 0.4) is 0 Å². The van der Waals surface area contributed by atoms with Gasteiger partial charge in [-0.2, -0.15) is 0 Å². The smallest absolute Gasteiger partial charge is 0.341 e. The summed E-state index contributed by atoms with van der Waals surface area (Å²) in [5.41, 5.74) is 1.97. The number of aryl methyl sites for hydroxylation is 1. The van der Waals surface area contributed by atoms with Gasteiger partial charge in [0.25, 0.3) is 5.91 Å². The molecule has 29 heavy (non-hydrogen) atoms. The van der Waals surface area contributed by atoms with Gasteiger partial charge < -0.3 is 14.8 Å². The van der Waals surface area contributed by atoms with Gasteiger partial charge in [-0.1, -0.05) is 41.6 Å². The summed E-state index contributed by atoms with van der Waals surface area (Å²) >= 11 is 1.36. The first kappa shape index (κ1) is 20.4. The van der Waals surface area contributed by atoms with Crippen LogP contribution in [0.2, 0.25) is 0 Å². The number of para-hydroxylation sites is 2. The first-order valence-electron chi connectivity index (χ1n) is 8.86. The molecular formula is C22H20N2O4S. The highest BCUT2D eigenvalue weighted by Crippen LogP contribution is 2.29. The van der Waals surface area contributed by atoms with E-state index in [1.54, 1.807) is 42.6 Å². The molecule has 1 heterocycles. The largest absolute Gasteiger partial charge is 0.495 e. The standard InChI is InChI=1S/C22H20N2O4S/c1-15-9-11-16(12-10-15)29-21-17(6-5-13-23-21)22(26)28-14-20(25)24-18-7-3-4-8-19(18)27-2/h3-13H,14H2,1-2H3,(H,24,25). The van der Waals surface area contributed by atoms with E-state index >= 15 is 0 Å². The molecule has 6 nitrogen and oxygen atoms in total. The van der Waals surface area contributed by atoms with E-state index in [1.165, 1.54) is 18.9 Å². The van der Waals surface area contributed by atoms with Crippen molar-refractivity contribution >= 4 is 29.3 Å². The number of amides is 1. The lowest BCUT2D eigenvalue weighted by Gasteiger charge is -2.11. The summed E-state index contributed by atoms with van der Waals surface area (Å²) in [6, 6.07) is 18.2. The average Bonchev–Trinajstić information content (AvgIpc) is 2.74. The van der Waals surface area contributed by atoms with Crippen LogP contribution < -0.4 is 10.1 Å². The lowest BCUT2D eigenvalue weighted by atomic mass is 10.2. The molecule has 0 fully saturated rings. The topological polar surface area (TPSA) is 77.5 Å². The third-order valence-electron chi connectivity index (χ3n) is 3.94. The number of aromatic nitrogens is 1. The summed E-state index contributed by atoms with van der Waals surface area (Å²) < 4.78 is 10.4. The molecule has 7 heteroatoms. The molecular weight excluding hydrogens is 388 g/mol. The van der Waals surface area contributed by atoms with Gasteiger partial charge >= 0.3 is 5.97 Å². The van der Waals surface area contributed by atoms with E-state index in [1.807, 2.05) is 31.2 Å². The fourth-order valence-corrected chi connectivity index (χ4v) is 3.36. The molecule has 0 aliphatic heterocycles. The number of ether oxygens (including phenoxy) is 2. The monoisotopic (exact) mass is 408 g/mol. The maximum absolute atomic E-state index is 12.5. The van der Waals surface area contributed by atoms with Crippen molar-refractivity contribution in [3.8, 4) is 5.75 Å². The molecule has 1 N–H and O–H groups in total. The molecule has 0 unspecified atom stereocenters. The van der Waals surface area contributed by atoms with E-state index in [2.05, 4.69) is 10.3 Å². The second kappa shape index (κ2) is 9.75. The second-order valence-corrected chi connectivity index (χ2v) is 7.16. The number of hydrogen-bond donors (Lipinski definition) is 1. The van der Waals surface area contributed by atoms with Crippen molar-refractivity contribution in [2.24, 2.45) is 0 Å². The van der Waals surface area contributed by atoms with E-state index < -0.39 is 18.5 Å². The number of rotatable bonds is 7. The first-order chi connectivity index (χ1) is 14.1. The van der Waals surface area contributed by atoms with Gasteiger partial charge in [0.2, 0.25) is 0 Å². The van der Waals surface area contributed by atoms with Crippen LogP contribution in [-0.2, 0) is 9.53 Å². The summed E-state index contributed by atoms with van der Waals surface area (Å²) in [6.45, 7) is 1.59. The van der Waals surface area contributed by atoms with Crippen LogP contribution in [-0.4, -0.2) is 30.6 Å². The third kappa shape index (κ3) is 5.58. The predicted molar refractivity (Wildman–Crippen MR) is 111 cm³/mol. The SMILES string of the molecule is COc1ccccc1NC(=O)COC(=O)c1cccnc1Sc1ccc(C)cc1. The average molecular weight is 408 g/mol. The van der Waals surface area contributed by atoms with Crippen LogP contribution in [0.25, 0.3) is 0 Å². The number of carbonyl (C=O) groups is 2. The molecule has 2 aromatic carbocycles. The van der Waals surface area contributed by atoms with Gasteiger partial charge in [-0.3, -0.25) is 4.79 Å². The molecule has 3 rings (SSSR count). The zero-order valence-electron chi connectivity index (χ0n) is 16.0. The minimum atomic E-state index is -0.608. The summed E-state index contributed by atoms with van der Waals surface area (Å²) in [5.74, 6) is -0.543. The summed E-state index contributed by atoms with van der Waals surface area (Å²) in [6.07, 6.45) is 1.61. The van der Waals surface area contributed by atoms with Crippen molar-refractivity contribution < 1.29 is 19.1 Å². The molecule has 0 spiro atoms. The van der Waals surface area contributed by atoms with E-state index in [9.17, 15) is 9.59 Å². The minimum Gasteiger partial charge on any atom is -0.495 e. The Morgan fingerprint density at radius 3 is 2.55 bits per heavy atom. The van der Waals surface area contributed by atoms with Gasteiger partial charge in [0.1, 0.15) is 10.8 Å². The molecule has 0 saturated carbocycles. The summed E-state index contributed by atoms with van der Waals surface area (Å²) in [4.78, 5) is 29.9. The van der Waals surface area contributed by atoms with E-state index in [0.717, 1.165) is 10.5 Å². The molecule has 0 atom stereocenters. The van der Waals surface area contributed by atoms with Gasteiger partial charge in [-0.05, 0) is 43.3 Å². The van der Waals surface area contributed by atoms with E-state index in [0.29, 0.717) is 22.0 Å². The summed E-state index contributed by atoms with van der Waals surface area (Å²) in [7, 11) is 1.51. The molecule has 0 bridgehead atoms. The molecule has 148 valence electrons. The minimum absolute atomic E-state index is 0.308. The second-order valence-electron chi connectivity index (χ2n) is 6.10. The number of nitrogens with one attached hydrogen (secondary N) is 1. The van der Waals surface area contributed by atoms with Crippen LogP contribution in [0.15, 0.2) is 76.8 Å². The zero-order valence-corrected chi connectivity index (χ0v) is 16.9. The highest BCUT2D eigenvalue weighted by molar-refractivity contribution is 7.99. The summed E-state index contributed by atoms with van der Waals surface area (Å²) in [5, 5.41) is 3.19.